The number of nitrogens with zero attached hydrogens (tertiary/aromatic N) is 3. The van der Waals surface area contributed by atoms with E-state index < -0.39 is 0 Å². The molecule has 7 heteroatoms. The lowest BCUT2D eigenvalue weighted by Crippen LogP contribution is -2.25. The molecule has 2 aromatic rings. The van der Waals surface area contributed by atoms with E-state index in [1.165, 1.54) is 6.08 Å². The molecule has 0 unspecified atom stereocenters. The molecule has 1 aromatic carbocycles. The van der Waals surface area contributed by atoms with Gasteiger partial charge in [-0.1, -0.05) is 35.3 Å². The highest BCUT2D eigenvalue weighted by Crippen LogP contribution is 2.22. The van der Waals surface area contributed by atoms with Gasteiger partial charge in [0, 0.05) is 23.2 Å². The van der Waals surface area contributed by atoms with Gasteiger partial charge in [-0.25, -0.2) is 4.68 Å². The summed E-state index contributed by atoms with van der Waals surface area (Å²) in [5, 5.41) is 8.53. The summed E-state index contributed by atoms with van der Waals surface area (Å²) in [6.07, 6.45) is 4.12. The Morgan fingerprint density at radius 3 is 2.62 bits per heavy atom. The first kappa shape index (κ1) is 20.5. The van der Waals surface area contributed by atoms with Gasteiger partial charge in [-0.05, 0) is 57.8 Å². The lowest BCUT2D eigenvalue weighted by Gasteiger charge is -2.08. The molecule has 0 radical (unpaired) electrons. The third-order valence-electron chi connectivity index (χ3n) is 3.84. The zero-order valence-electron chi connectivity index (χ0n) is 15.3. The monoisotopic (exact) mass is 394 g/mol. The molecule has 5 nitrogen and oxygen atoms in total. The van der Waals surface area contributed by atoms with E-state index >= 15 is 0 Å². The van der Waals surface area contributed by atoms with E-state index in [9.17, 15) is 4.79 Å². The highest BCUT2D eigenvalue weighted by molar-refractivity contribution is 6.31. The van der Waals surface area contributed by atoms with E-state index in [0.717, 1.165) is 29.8 Å². The van der Waals surface area contributed by atoms with E-state index in [4.69, 9.17) is 23.2 Å². The van der Waals surface area contributed by atoms with E-state index in [-0.39, 0.29) is 5.91 Å². The minimum absolute atomic E-state index is 0.135. The second-order valence-electron chi connectivity index (χ2n) is 6.36. The SMILES string of the molecule is Cc1nn(Cc2ccc(Cl)cc2)c(Cl)c1/C=C/C(=O)NCCCN(C)C. The highest BCUT2D eigenvalue weighted by Gasteiger charge is 2.11. The molecule has 0 aliphatic heterocycles. The average Bonchev–Trinajstić information content (AvgIpc) is 2.85. The van der Waals surface area contributed by atoms with Crippen molar-refractivity contribution in [3.05, 3.63) is 57.3 Å². The Balaban J connectivity index is 1.98. The van der Waals surface area contributed by atoms with E-state index in [0.29, 0.717) is 23.3 Å². The minimum Gasteiger partial charge on any atom is -0.353 e. The van der Waals surface area contributed by atoms with Gasteiger partial charge in [0.2, 0.25) is 5.91 Å². The molecule has 0 bridgehead atoms. The van der Waals surface area contributed by atoms with Crippen molar-refractivity contribution in [3.8, 4) is 0 Å². The van der Waals surface area contributed by atoms with Crippen LogP contribution in [0.1, 0.15) is 23.2 Å². The molecule has 1 heterocycles. The standard InChI is InChI=1S/C19H24Cl2N4O/c1-14-17(9-10-18(26)22-11-4-12-24(2)3)19(21)25(23-14)13-15-5-7-16(20)8-6-15/h5-10H,4,11-13H2,1-3H3,(H,22,26)/b10-9+. The fourth-order valence-corrected chi connectivity index (χ4v) is 2.87. The van der Waals surface area contributed by atoms with Crippen molar-refractivity contribution in [1.82, 2.24) is 20.0 Å². The van der Waals surface area contributed by atoms with Crippen LogP contribution in [0.5, 0.6) is 0 Å². The summed E-state index contributed by atoms with van der Waals surface area (Å²) < 4.78 is 1.72. The first-order valence-electron chi connectivity index (χ1n) is 8.45. The quantitative estimate of drug-likeness (QED) is 0.549. The molecule has 1 N–H and O–H groups in total. The normalized spacial score (nSPS) is 11.5. The number of benzene rings is 1. The lowest BCUT2D eigenvalue weighted by molar-refractivity contribution is -0.116. The van der Waals surface area contributed by atoms with Gasteiger partial charge in [0.15, 0.2) is 0 Å². The molecule has 0 atom stereocenters. The van der Waals surface area contributed by atoms with Crippen LogP contribution in [0.3, 0.4) is 0 Å². The van der Waals surface area contributed by atoms with Crippen LogP contribution in [-0.4, -0.2) is 47.8 Å². The van der Waals surface area contributed by atoms with Gasteiger partial charge in [0.1, 0.15) is 5.15 Å². The van der Waals surface area contributed by atoms with Crippen LogP contribution in [0.25, 0.3) is 6.08 Å². The first-order valence-corrected chi connectivity index (χ1v) is 9.20. The largest absolute Gasteiger partial charge is 0.353 e. The van der Waals surface area contributed by atoms with Crippen LogP contribution in [-0.2, 0) is 11.3 Å². The molecule has 0 aliphatic carbocycles. The van der Waals surface area contributed by atoms with Gasteiger partial charge in [0.25, 0.3) is 0 Å². The predicted molar refractivity (Wildman–Crippen MR) is 108 cm³/mol. The van der Waals surface area contributed by atoms with Crippen LogP contribution in [0.4, 0.5) is 0 Å². The third kappa shape index (κ3) is 6.16. The van der Waals surface area contributed by atoms with Crippen LogP contribution in [0, 0.1) is 6.92 Å². The summed E-state index contributed by atoms with van der Waals surface area (Å²) >= 11 is 12.4. The van der Waals surface area contributed by atoms with Gasteiger partial charge >= 0.3 is 0 Å². The molecule has 0 aliphatic rings. The number of halogens is 2. The minimum atomic E-state index is -0.135. The summed E-state index contributed by atoms with van der Waals surface area (Å²) in [4.78, 5) is 14.0. The Hall–Kier alpha value is -1.82. The predicted octanol–water partition coefficient (Wildman–Crippen LogP) is 3.63. The number of hydrogen-bond donors (Lipinski definition) is 1. The molecule has 26 heavy (non-hydrogen) atoms. The van der Waals surface area contributed by atoms with Crippen molar-refractivity contribution in [2.45, 2.75) is 19.9 Å². The van der Waals surface area contributed by atoms with Crippen molar-refractivity contribution in [2.75, 3.05) is 27.2 Å². The number of nitrogens with one attached hydrogen (secondary N) is 1. The topological polar surface area (TPSA) is 50.2 Å². The summed E-state index contributed by atoms with van der Waals surface area (Å²) in [6.45, 7) is 4.00. The van der Waals surface area contributed by atoms with Crippen molar-refractivity contribution < 1.29 is 4.79 Å². The Labute approximate surface area is 164 Å². The third-order valence-corrected chi connectivity index (χ3v) is 4.49. The van der Waals surface area contributed by atoms with Crippen LogP contribution in [0.2, 0.25) is 10.2 Å². The molecule has 0 fully saturated rings. The Bertz CT molecular complexity index is 767. The van der Waals surface area contributed by atoms with Crippen molar-refractivity contribution in [3.63, 3.8) is 0 Å². The molecular weight excluding hydrogens is 371 g/mol. The van der Waals surface area contributed by atoms with Crippen molar-refractivity contribution in [1.29, 1.82) is 0 Å². The van der Waals surface area contributed by atoms with Crippen molar-refractivity contribution >= 4 is 35.2 Å². The molecular formula is C19H24Cl2N4O. The zero-order chi connectivity index (χ0) is 19.1. The number of carbonyl (C=O) groups is 1. The highest BCUT2D eigenvalue weighted by atomic mass is 35.5. The maximum atomic E-state index is 11.9. The second-order valence-corrected chi connectivity index (χ2v) is 7.15. The molecule has 0 spiro atoms. The molecule has 1 aromatic heterocycles. The molecule has 0 saturated heterocycles. The number of amides is 1. The van der Waals surface area contributed by atoms with Crippen LogP contribution >= 0.6 is 23.2 Å². The molecule has 0 saturated carbocycles. The Morgan fingerprint density at radius 1 is 1.27 bits per heavy atom. The summed E-state index contributed by atoms with van der Waals surface area (Å²) in [5.74, 6) is -0.135. The lowest BCUT2D eigenvalue weighted by atomic mass is 10.2. The maximum Gasteiger partial charge on any atom is 0.244 e. The van der Waals surface area contributed by atoms with E-state index in [1.807, 2.05) is 45.3 Å². The van der Waals surface area contributed by atoms with E-state index in [1.54, 1.807) is 10.8 Å². The summed E-state index contributed by atoms with van der Waals surface area (Å²) in [7, 11) is 4.02. The number of aromatic nitrogens is 2. The van der Waals surface area contributed by atoms with Gasteiger partial charge in [-0.15, -0.1) is 0 Å². The van der Waals surface area contributed by atoms with Crippen molar-refractivity contribution in [2.24, 2.45) is 0 Å². The first-order chi connectivity index (χ1) is 12.4. The fourth-order valence-electron chi connectivity index (χ4n) is 2.45. The Kier molecular flexibility index (Phi) is 7.69. The van der Waals surface area contributed by atoms with E-state index in [2.05, 4.69) is 15.3 Å². The number of aryl methyl sites for hydroxylation is 1. The molecule has 1 amide bonds. The van der Waals surface area contributed by atoms with Crippen LogP contribution in [0.15, 0.2) is 30.3 Å². The van der Waals surface area contributed by atoms with Crippen LogP contribution < -0.4 is 5.32 Å². The number of hydrogen-bond acceptors (Lipinski definition) is 3. The average molecular weight is 395 g/mol. The molecule has 140 valence electrons. The zero-order valence-corrected chi connectivity index (χ0v) is 16.8. The second kappa shape index (κ2) is 9.76. The maximum absolute atomic E-state index is 11.9. The van der Waals surface area contributed by atoms with Gasteiger partial charge < -0.3 is 10.2 Å². The Morgan fingerprint density at radius 2 is 1.96 bits per heavy atom. The number of rotatable bonds is 8. The van der Waals surface area contributed by atoms with Gasteiger partial charge in [-0.2, -0.15) is 5.10 Å². The van der Waals surface area contributed by atoms with Gasteiger partial charge in [-0.3, -0.25) is 4.79 Å². The fraction of sp³-hybridized carbons (Fsp3) is 0.368. The van der Waals surface area contributed by atoms with Gasteiger partial charge in [0.05, 0.1) is 12.2 Å². The number of carbonyl (C=O) groups excluding carboxylic acids is 1. The summed E-state index contributed by atoms with van der Waals surface area (Å²) in [5.41, 5.74) is 2.58. The molecule has 2 rings (SSSR count). The summed E-state index contributed by atoms with van der Waals surface area (Å²) in [6, 6.07) is 7.55. The smallest absolute Gasteiger partial charge is 0.244 e.